The standard InChI is InChI=1S/C20H20N2O5/c1-13-3-2-4-15(9-13)21-18(23)12-27-17-7-5-16(6-8-17)22-11-14(20(25)26)10-19(22)24/h2-9,14H,10-12H2,1H3,(H,21,23)(H,25,26)/t14-/m1/s1. The number of benzene rings is 2. The fourth-order valence-corrected chi connectivity index (χ4v) is 2.91. The van der Waals surface area contributed by atoms with Gasteiger partial charge in [-0.2, -0.15) is 0 Å². The maximum atomic E-state index is 12.0. The molecule has 0 bridgehead atoms. The minimum atomic E-state index is -0.967. The van der Waals surface area contributed by atoms with Crippen LogP contribution in [-0.4, -0.2) is 36.0 Å². The second kappa shape index (κ2) is 7.90. The number of hydrogen-bond acceptors (Lipinski definition) is 4. The first kappa shape index (κ1) is 18.4. The highest BCUT2D eigenvalue weighted by Crippen LogP contribution is 2.27. The van der Waals surface area contributed by atoms with Crippen LogP contribution in [0.2, 0.25) is 0 Å². The molecule has 0 unspecified atom stereocenters. The van der Waals surface area contributed by atoms with Gasteiger partial charge in [0.2, 0.25) is 5.91 Å². The van der Waals surface area contributed by atoms with E-state index in [2.05, 4.69) is 5.32 Å². The SMILES string of the molecule is Cc1cccc(NC(=O)COc2ccc(N3C[C@H](C(=O)O)CC3=O)cc2)c1. The molecule has 7 heteroatoms. The predicted molar refractivity (Wildman–Crippen MR) is 99.8 cm³/mol. The van der Waals surface area contributed by atoms with Crippen molar-refractivity contribution in [3.05, 3.63) is 54.1 Å². The number of carboxylic acids is 1. The number of nitrogens with one attached hydrogen (secondary N) is 1. The number of rotatable bonds is 6. The van der Waals surface area contributed by atoms with Crippen LogP contribution in [0.3, 0.4) is 0 Å². The summed E-state index contributed by atoms with van der Waals surface area (Å²) in [5.74, 6) is -1.65. The number of carbonyl (C=O) groups excluding carboxylic acids is 2. The fourth-order valence-electron chi connectivity index (χ4n) is 2.91. The molecule has 2 aromatic rings. The Labute approximate surface area is 156 Å². The van der Waals surface area contributed by atoms with E-state index in [4.69, 9.17) is 9.84 Å². The Bertz CT molecular complexity index is 863. The van der Waals surface area contributed by atoms with Crippen LogP contribution >= 0.6 is 0 Å². The van der Waals surface area contributed by atoms with Gasteiger partial charge in [-0.25, -0.2) is 0 Å². The van der Waals surface area contributed by atoms with Crippen molar-refractivity contribution in [1.82, 2.24) is 0 Å². The van der Waals surface area contributed by atoms with E-state index in [1.165, 1.54) is 4.90 Å². The van der Waals surface area contributed by atoms with Crippen molar-refractivity contribution in [2.24, 2.45) is 5.92 Å². The molecule has 0 spiro atoms. The normalized spacial score (nSPS) is 16.3. The second-order valence-corrected chi connectivity index (χ2v) is 6.44. The molecule has 140 valence electrons. The number of carboxylic acid groups (broad SMARTS) is 1. The Morgan fingerprint density at radius 1 is 1.22 bits per heavy atom. The van der Waals surface area contributed by atoms with Gasteiger partial charge in [0.25, 0.3) is 5.91 Å². The van der Waals surface area contributed by atoms with Gasteiger partial charge in [0.15, 0.2) is 6.61 Å². The summed E-state index contributed by atoms with van der Waals surface area (Å²) in [7, 11) is 0. The Morgan fingerprint density at radius 2 is 1.96 bits per heavy atom. The van der Waals surface area contributed by atoms with Crippen LogP contribution in [0.15, 0.2) is 48.5 Å². The van der Waals surface area contributed by atoms with Gasteiger partial charge in [0, 0.05) is 24.3 Å². The molecule has 1 atom stereocenters. The van der Waals surface area contributed by atoms with E-state index in [9.17, 15) is 14.4 Å². The van der Waals surface area contributed by atoms with E-state index < -0.39 is 11.9 Å². The highest BCUT2D eigenvalue weighted by molar-refractivity contribution is 5.99. The number of ether oxygens (including phenoxy) is 1. The zero-order valence-corrected chi connectivity index (χ0v) is 14.8. The molecule has 1 aliphatic rings. The molecule has 2 amide bonds. The minimum Gasteiger partial charge on any atom is -0.484 e. The van der Waals surface area contributed by atoms with Crippen molar-refractivity contribution in [2.75, 3.05) is 23.4 Å². The molecular formula is C20H20N2O5. The largest absolute Gasteiger partial charge is 0.484 e. The highest BCUT2D eigenvalue weighted by Gasteiger charge is 2.34. The molecule has 0 saturated carbocycles. The first-order valence-corrected chi connectivity index (χ1v) is 8.55. The Hall–Kier alpha value is -3.35. The van der Waals surface area contributed by atoms with Gasteiger partial charge in [-0.15, -0.1) is 0 Å². The molecule has 1 heterocycles. The summed E-state index contributed by atoms with van der Waals surface area (Å²) in [4.78, 5) is 36.4. The monoisotopic (exact) mass is 368 g/mol. The van der Waals surface area contributed by atoms with Gasteiger partial charge < -0.3 is 20.1 Å². The van der Waals surface area contributed by atoms with Crippen LogP contribution in [0.4, 0.5) is 11.4 Å². The average Bonchev–Trinajstić information content (AvgIpc) is 3.02. The van der Waals surface area contributed by atoms with E-state index in [1.54, 1.807) is 30.3 Å². The highest BCUT2D eigenvalue weighted by atomic mass is 16.5. The molecule has 1 saturated heterocycles. The van der Waals surface area contributed by atoms with E-state index in [-0.39, 0.29) is 31.4 Å². The molecule has 0 aliphatic carbocycles. The van der Waals surface area contributed by atoms with Gasteiger partial charge >= 0.3 is 5.97 Å². The summed E-state index contributed by atoms with van der Waals surface area (Å²) in [6, 6.07) is 14.1. The van der Waals surface area contributed by atoms with Gasteiger partial charge in [-0.05, 0) is 48.9 Å². The molecular weight excluding hydrogens is 348 g/mol. The summed E-state index contributed by atoms with van der Waals surface area (Å²) >= 11 is 0. The van der Waals surface area contributed by atoms with E-state index in [1.807, 2.05) is 25.1 Å². The molecule has 0 radical (unpaired) electrons. The quantitative estimate of drug-likeness (QED) is 0.816. The zero-order chi connectivity index (χ0) is 19.4. The van der Waals surface area contributed by atoms with Gasteiger partial charge in [0.1, 0.15) is 5.75 Å². The number of amides is 2. The molecule has 1 aliphatic heterocycles. The number of hydrogen-bond donors (Lipinski definition) is 2. The van der Waals surface area contributed by atoms with Crippen molar-refractivity contribution in [3.8, 4) is 5.75 Å². The van der Waals surface area contributed by atoms with Gasteiger partial charge in [0.05, 0.1) is 5.92 Å². The summed E-state index contributed by atoms with van der Waals surface area (Å²) < 4.78 is 5.46. The number of aliphatic carboxylic acids is 1. The van der Waals surface area contributed by atoms with E-state index in [0.717, 1.165) is 5.56 Å². The van der Waals surface area contributed by atoms with Crippen LogP contribution in [0.25, 0.3) is 0 Å². The lowest BCUT2D eigenvalue weighted by Crippen LogP contribution is -2.25. The number of nitrogens with zero attached hydrogens (tertiary/aromatic N) is 1. The third-order valence-electron chi connectivity index (χ3n) is 4.29. The predicted octanol–water partition coefficient (Wildman–Crippen LogP) is 2.45. The number of aryl methyl sites for hydroxylation is 1. The molecule has 27 heavy (non-hydrogen) atoms. The minimum absolute atomic E-state index is 0.00666. The third kappa shape index (κ3) is 4.63. The van der Waals surface area contributed by atoms with Crippen molar-refractivity contribution < 1.29 is 24.2 Å². The maximum Gasteiger partial charge on any atom is 0.308 e. The van der Waals surface area contributed by atoms with Crippen LogP contribution < -0.4 is 15.0 Å². The molecule has 2 N–H and O–H groups in total. The van der Waals surface area contributed by atoms with E-state index >= 15 is 0 Å². The topological polar surface area (TPSA) is 95.9 Å². The average molecular weight is 368 g/mol. The van der Waals surface area contributed by atoms with Crippen molar-refractivity contribution in [2.45, 2.75) is 13.3 Å². The van der Waals surface area contributed by atoms with Gasteiger partial charge in [-0.1, -0.05) is 12.1 Å². The molecule has 3 rings (SSSR count). The van der Waals surface area contributed by atoms with Crippen LogP contribution in [-0.2, 0) is 14.4 Å². The Balaban J connectivity index is 1.54. The molecule has 1 fully saturated rings. The van der Waals surface area contributed by atoms with Crippen molar-refractivity contribution >= 4 is 29.2 Å². The number of anilines is 2. The fraction of sp³-hybridized carbons (Fsp3) is 0.250. The van der Waals surface area contributed by atoms with Crippen molar-refractivity contribution in [1.29, 1.82) is 0 Å². The molecule has 7 nitrogen and oxygen atoms in total. The first-order valence-electron chi connectivity index (χ1n) is 8.55. The maximum absolute atomic E-state index is 12.0. The lowest BCUT2D eigenvalue weighted by Gasteiger charge is -2.16. The lowest BCUT2D eigenvalue weighted by molar-refractivity contribution is -0.141. The first-order chi connectivity index (χ1) is 12.9. The summed E-state index contributed by atoms with van der Waals surface area (Å²) in [5, 5.41) is 11.8. The van der Waals surface area contributed by atoms with Crippen LogP contribution in [0.1, 0.15) is 12.0 Å². The summed E-state index contributed by atoms with van der Waals surface area (Å²) in [6.45, 7) is 1.96. The summed E-state index contributed by atoms with van der Waals surface area (Å²) in [5.41, 5.74) is 2.37. The van der Waals surface area contributed by atoms with Crippen LogP contribution in [0, 0.1) is 12.8 Å². The Morgan fingerprint density at radius 3 is 2.59 bits per heavy atom. The number of carbonyl (C=O) groups is 3. The van der Waals surface area contributed by atoms with E-state index in [0.29, 0.717) is 17.1 Å². The summed E-state index contributed by atoms with van der Waals surface area (Å²) in [6.07, 6.45) is 0.00666. The second-order valence-electron chi connectivity index (χ2n) is 6.44. The molecule has 2 aromatic carbocycles. The van der Waals surface area contributed by atoms with Gasteiger partial charge in [-0.3, -0.25) is 14.4 Å². The van der Waals surface area contributed by atoms with Crippen molar-refractivity contribution in [3.63, 3.8) is 0 Å². The van der Waals surface area contributed by atoms with Crippen LogP contribution in [0.5, 0.6) is 5.75 Å². The molecule has 0 aromatic heterocycles. The smallest absolute Gasteiger partial charge is 0.308 e. The zero-order valence-electron chi connectivity index (χ0n) is 14.8. The Kier molecular flexibility index (Phi) is 5.40. The lowest BCUT2D eigenvalue weighted by atomic mass is 10.1. The third-order valence-corrected chi connectivity index (χ3v) is 4.29.